The van der Waals surface area contributed by atoms with E-state index in [0.717, 1.165) is 0 Å². The maximum absolute atomic E-state index is 13.3. The molecular formula is C24H44N6O5. The van der Waals surface area contributed by atoms with Crippen molar-refractivity contribution in [1.82, 2.24) is 16.0 Å². The maximum Gasteiger partial charge on any atom is 0.243 e. The van der Waals surface area contributed by atoms with Crippen molar-refractivity contribution in [2.75, 3.05) is 13.2 Å². The Morgan fingerprint density at radius 2 is 1.40 bits per heavy atom. The molecule has 1 aliphatic rings. The maximum atomic E-state index is 13.3. The van der Waals surface area contributed by atoms with E-state index in [9.17, 15) is 19.2 Å². The van der Waals surface area contributed by atoms with E-state index < -0.39 is 35.5 Å². The summed E-state index contributed by atoms with van der Waals surface area (Å²) in [4.78, 5) is 54.7. The van der Waals surface area contributed by atoms with Crippen LogP contribution in [0.1, 0.15) is 73.6 Å². The molecule has 35 heavy (non-hydrogen) atoms. The summed E-state index contributed by atoms with van der Waals surface area (Å²) in [5.74, 6) is -1.11. The number of guanidine groups is 1. The molecule has 0 saturated carbocycles. The number of nitrogens with two attached hydrogens (primary N) is 2. The third-order valence-corrected chi connectivity index (χ3v) is 5.58. The van der Waals surface area contributed by atoms with Gasteiger partial charge in [0, 0.05) is 19.9 Å². The topological polar surface area (TPSA) is 181 Å². The van der Waals surface area contributed by atoms with E-state index >= 15 is 0 Å². The van der Waals surface area contributed by atoms with Gasteiger partial charge in [0.05, 0.1) is 18.2 Å². The number of nitrogens with one attached hydrogen (secondary N) is 3. The quantitative estimate of drug-likeness (QED) is 0.0884. The lowest BCUT2D eigenvalue weighted by atomic mass is 9.96. The summed E-state index contributed by atoms with van der Waals surface area (Å²) in [5, 5.41) is 8.28. The number of ketones is 1. The third-order valence-electron chi connectivity index (χ3n) is 5.58. The van der Waals surface area contributed by atoms with Crippen LogP contribution in [-0.2, 0) is 23.9 Å². The van der Waals surface area contributed by atoms with Gasteiger partial charge in [0.15, 0.2) is 11.7 Å². The van der Waals surface area contributed by atoms with Crippen molar-refractivity contribution in [2.24, 2.45) is 28.3 Å². The van der Waals surface area contributed by atoms with Crippen LogP contribution in [0.2, 0.25) is 0 Å². The zero-order valence-corrected chi connectivity index (χ0v) is 22.0. The van der Waals surface area contributed by atoms with Crippen molar-refractivity contribution in [3.05, 3.63) is 0 Å². The Balaban J connectivity index is 2.96. The van der Waals surface area contributed by atoms with Gasteiger partial charge in [-0.15, -0.1) is 0 Å². The fourth-order valence-corrected chi connectivity index (χ4v) is 3.73. The molecule has 4 atom stereocenters. The lowest BCUT2D eigenvalue weighted by molar-refractivity contribution is -0.134. The molecule has 11 heteroatoms. The molecule has 1 fully saturated rings. The SMILES string of the molecule is CC(=O)N[C@@H](CC(C)C)C(=O)N[C@@H](CC(C)C)C(=O)N[C@@H](CCCN=C(N)N)C(=O)C[C@@]1(C)CO1. The number of nitrogens with zero attached hydrogens (tertiary/aromatic N) is 1. The Kier molecular flexibility index (Phi) is 12.1. The third kappa shape index (κ3) is 12.5. The lowest BCUT2D eigenvalue weighted by Gasteiger charge is -2.27. The number of rotatable bonds is 16. The first-order chi connectivity index (χ1) is 16.2. The van der Waals surface area contributed by atoms with E-state index in [1.807, 2.05) is 34.6 Å². The summed E-state index contributed by atoms with van der Waals surface area (Å²) in [7, 11) is 0. The highest BCUT2D eigenvalue weighted by Crippen LogP contribution is 2.30. The van der Waals surface area contributed by atoms with Crippen LogP contribution in [0, 0.1) is 11.8 Å². The number of aliphatic imine (C=N–C) groups is 1. The average Bonchev–Trinajstić information content (AvgIpc) is 3.44. The minimum Gasteiger partial charge on any atom is -0.370 e. The molecule has 0 aromatic rings. The Morgan fingerprint density at radius 3 is 1.83 bits per heavy atom. The van der Waals surface area contributed by atoms with Gasteiger partial charge in [-0.3, -0.25) is 24.2 Å². The molecule has 0 aliphatic carbocycles. The van der Waals surface area contributed by atoms with Crippen LogP contribution in [0.25, 0.3) is 0 Å². The van der Waals surface area contributed by atoms with Crippen LogP contribution in [0.5, 0.6) is 0 Å². The summed E-state index contributed by atoms with van der Waals surface area (Å²) in [6.07, 6.45) is 1.84. The first-order valence-electron chi connectivity index (χ1n) is 12.3. The minimum atomic E-state index is -0.855. The molecule has 1 rings (SSSR count). The Bertz CT molecular complexity index is 774. The smallest absolute Gasteiger partial charge is 0.243 e. The second-order valence-electron chi connectivity index (χ2n) is 10.5. The van der Waals surface area contributed by atoms with E-state index in [1.54, 1.807) is 0 Å². The second-order valence-corrected chi connectivity index (χ2v) is 10.5. The Labute approximate surface area is 208 Å². The summed E-state index contributed by atoms with van der Waals surface area (Å²) < 4.78 is 5.34. The van der Waals surface area contributed by atoms with Crippen molar-refractivity contribution in [3.63, 3.8) is 0 Å². The number of hydrogen-bond donors (Lipinski definition) is 5. The number of epoxide rings is 1. The molecule has 3 amide bonds. The largest absolute Gasteiger partial charge is 0.370 e. The van der Waals surface area contributed by atoms with Crippen LogP contribution < -0.4 is 27.4 Å². The van der Waals surface area contributed by atoms with Crippen molar-refractivity contribution in [3.8, 4) is 0 Å². The monoisotopic (exact) mass is 496 g/mol. The van der Waals surface area contributed by atoms with Crippen molar-refractivity contribution in [2.45, 2.75) is 97.4 Å². The predicted octanol–water partition coefficient (Wildman–Crippen LogP) is 0.355. The fourth-order valence-electron chi connectivity index (χ4n) is 3.73. The van der Waals surface area contributed by atoms with Gasteiger partial charge in [0.1, 0.15) is 12.1 Å². The van der Waals surface area contributed by atoms with Crippen LogP contribution in [0.15, 0.2) is 4.99 Å². The van der Waals surface area contributed by atoms with E-state index in [4.69, 9.17) is 16.2 Å². The van der Waals surface area contributed by atoms with Crippen molar-refractivity contribution in [1.29, 1.82) is 0 Å². The van der Waals surface area contributed by atoms with Gasteiger partial charge in [-0.2, -0.15) is 0 Å². The van der Waals surface area contributed by atoms with E-state index in [0.29, 0.717) is 38.8 Å². The van der Waals surface area contributed by atoms with Gasteiger partial charge < -0.3 is 32.2 Å². The highest BCUT2D eigenvalue weighted by atomic mass is 16.6. The standard InChI is InChI=1S/C24H44N6O5/c1-14(2)10-18(28-16(5)31)21(33)30-19(11-15(3)4)22(34)29-17(8-7-9-27-23(25)26)20(32)12-24(6)13-35-24/h14-15,17-19H,7-13H2,1-6H3,(H,28,31)(H,29,34)(H,30,33)(H4,25,26,27)/t17-,18-,19-,24-/m0/s1. The minimum absolute atomic E-state index is 0.0364. The zero-order chi connectivity index (χ0) is 26.8. The molecule has 0 aromatic heterocycles. The molecule has 7 N–H and O–H groups in total. The van der Waals surface area contributed by atoms with Crippen LogP contribution in [0.3, 0.4) is 0 Å². The average molecular weight is 497 g/mol. The highest BCUT2D eigenvalue weighted by Gasteiger charge is 2.43. The summed E-state index contributed by atoms with van der Waals surface area (Å²) >= 11 is 0. The van der Waals surface area contributed by atoms with Crippen molar-refractivity contribution >= 4 is 29.5 Å². The Hall–Kier alpha value is -2.69. The number of ether oxygens (including phenoxy) is 1. The number of amides is 3. The summed E-state index contributed by atoms with van der Waals surface area (Å²) in [5.41, 5.74) is 10.2. The van der Waals surface area contributed by atoms with Gasteiger partial charge in [-0.1, -0.05) is 27.7 Å². The van der Waals surface area contributed by atoms with E-state index in [1.165, 1.54) is 6.92 Å². The van der Waals surface area contributed by atoms with Crippen molar-refractivity contribution < 1.29 is 23.9 Å². The molecule has 0 unspecified atom stereocenters. The Morgan fingerprint density at radius 1 is 0.914 bits per heavy atom. The molecule has 1 saturated heterocycles. The first-order valence-corrected chi connectivity index (χ1v) is 12.3. The number of carbonyl (C=O) groups is 4. The van der Waals surface area contributed by atoms with Gasteiger partial charge >= 0.3 is 0 Å². The van der Waals surface area contributed by atoms with Gasteiger partial charge in [0.2, 0.25) is 17.7 Å². The molecule has 11 nitrogen and oxygen atoms in total. The molecule has 200 valence electrons. The molecular weight excluding hydrogens is 452 g/mol. The molecule has 1 aliphatic heterocycles. The van der Waals surface area contributed by atoms with Crippen LogP contribution in [0.4, 0.5) is 0 Å². The normalized spacial score (nSPS) is 19.4. The van der Waals surface area contributed by atoms with Crippen LogP contribution in [-0.4, -0.2) is 66.3 Å². The number of carbonyl (C=O) groups excluding carboxylic acids is 4. The second kappa shape index (κ2) is 14.0. The molecule has 0 bridgehead atoms. The predicted molar refractivity (Wildman–Crippen MR) is 134 cm³/mol. The van der Waals surface area contributed by atoms with Gasteiger partial charge in [-0.25, -0.2) is 0 Å². The molecule has 0 radical (unpaired) electrons. The van der Waals surface area contributed by atoms with Gasteiger partial charge in [0.25, 0.3) is 0 Å². The lowest BCUT2D eigenvalue weighted by Crippen LogP contribution is -2.56. The molecule has 0 spiro atoms. The first kappa shape index (κ1) is 30.3. The molecule has 0 aromatic carbocycles. The van der Waals surface area contributed by atoms with E-state index in [2.05, 4.69) is 20.9 Å². The number of hydrogen-bond acceptors (Lipinski definition) is 6. The zero-order valence-electron chi connectivity index (χ0n) is 22.0. The highest BCUT2D eigenvalue weighted by molar-refractivity contribution is 5.94. The molecule has 1 heterocycles. The summed E-state index contributed by atoms with van der Waals surface area (Å²) in [6, 6.07) is -2.36. The van der Waals surface area contributed by atoms with Crippen LogP contribution >= 0.6 is 0 Å². The summed E-state index contributed by atoms with van der Waals surface area (Å²) in [6.45, 7) is 11.8. The number of Topliss-reactive ketones (excluding diaryl/α,β-unsaturated/α-hetero) is 1. The fraction of sp³-hybridized carbons (Fsp3) is 0.792. The van der Waals surface area contributed by atoms with Gasteiger partial charge in [-0.05, 0) is 44.4 Å². The van der Waals surface area contributed by atoms with E-state index in [-0.39, 0.29) is 35.9 Å².